The third kappa shape index (κ3) is 3.04. The van der Waals surface area contributed by atoms with Crippen molar-refractivity contribution in [2.24, 2.45) is 0 Å². The Labute approximate surface area is 156 Å². The molecule has 3 aliphatic rings. The molecule has 1 N–H and O–H groups in total. The quantitative estimate of drug-likeness (QED) is 0.856. The summed E-state index contributed by atoms with van der Waals surface area (Å²) in [4.78, 5) is 2.75. The van der Waals surface area contributed by atoms with Gasteiger partial charge in [0.1, 0.15) is 11.5 Å². The Hall–Kier alpha value is -1.84. The molecule has 0 radical (unpaired) electrons. The van der Waals surface area contributed by atoms with Gasteiger partial charge in [-0.15, -0.1) is 0 Å². The highest BCUT2D eigenvalue weighted by molar-refractivity contribution is 5.52. The molecule has 2 aromatic carbocycles. The number of hydrogen-bond acceptors (Lipinski definition) is 3. The van der Waals surface area contributed by atoms with E-state index in [1.165, 1.54) is 62.7 Å². The molecule has 5 rings (SSSR count). The average molecular weight is 348 g/mol. The lowest BCUT2D eigenvalue weighted by atomic mass is 9.92. The van der Waals surface area contributed by atoms with Gasteiger partial charge in [-0.3, -0.25) is 0 Å². The van der Waals surface area contributed by atoms with Gasteiger partial charge in [0.15, 0.2) is 0 Å². The van der Waals surface area contributed by atoms with E-state index in [-0.39, 0.29) is 6.04 Å². The van der Waals surface area contributed by atoms with Crippen LogP contribution in [0.3, 0.4) is 0 Å². The maximum Gasteiger partial charge on any atom is 0.132 e. The molecule has 2 aromatic rings. The first-order valence-electron chi connectivity index (χ1n) is 10.2. The van der Waals surface area contributed by atoms with Crippen molar-refractivity contribution >= 4 is 0 Å². The van der Waals surface area contributed by atoms with Gasteiger partial charge >= 0.3 is 0 Å². The minimum absolute atomic E-state index is 0.235. The van der Waals surface area contributed by atoms with E-state index >= 15 is 0 Å². The molecule has 2 aliphatic heterocycles. The minimum Gasteiger partial charge on any atom is -0.457 e. The average Bonchev–Trinajstić information content (AvgIpc) is 3.23. The lowest BCUT2D eigenvalue weighted by Crippen LogP contribution is -2.47. The number of piperidine rings is 1. The Morgan fingerprint density at radius 1 is 0.769 bits per heavy atom. The van der Waals surface area contributed by atoms with E-state index < -0.39 is 0 Å². The molecule has 1 saturated heterocycles. The second-order valence-electron chi connectivity index (χ2n) is 8.03. The van der Waals surface area contributed by atoms with Crippen molar-refractivity contribution < 1.29 is 4.74 Å². The van der Waals surface area contributed by atoms with Crippen molar-refractivity contribution in [2.75, 3.05) is 13.1 Å². The SMILES string of the molecule is c1ccc2c(c1)Oc1ccccc1C2NC1CCN(C2CCCC2)CC1. The van der Waals surface area contributed by atoms with Gasteiger partial charge < -0.3 is 15.0 Å². The number of para-hydroxylation sites is 2. The molecule has 3 heteroatoms. The van der Waals surface area contributed by atoms with Crippen LogP contribution in [0.1, 0.15) is 55.7 Å². The fraction of sp³-hybridized carbons (Fsp3) is 0.478. The standard InChI is InChI=1S/C23H28N2O/c1-2-8-18(7-1)25-15-13-17(14-16-25)24-23-19-9-3-5-11-21(19)26-22-12-6-4-10-20(22)23/h3-6,9-12,17-18,23-24H,1-2,7-8,13-16H2. The maximum atomic E-state index is 6.13. The Kier molecular flexibility index (Phi) is 4.43. The Bertz CT molecular complexity index is 715. The number of fused-ring (bicyclic) bond motifs is 2. The van der Waals surface area contributed by atoms with Gasteiger partial charge in [-0.2, -0.15) is 0 Å². The van der Waals surface area contributed by atoms with Gasteiger partial charge in [-0.05, 0) is 50.9 Å². The summed E-state index contributed by atoms with van der Waals surface area (Å²) in [5.41, 5.74) is 2.54. The highest BCUT2D eigenvalue weighted by Gasteiger charge is 2.31. The first kappa shape index (κ1) is 16.3. The lowest BCUT2D eigenvalue weighted by Gasteiger charge is -2.39. The topological polar surface area (TPSA) is 24.5 Å². The predicted molar refractivity (Wildman–Crippen MR) is 105 cm³/mol. The third-order valence-electron chi connectivity index (χ3n) is 6.45. The maximum absolute atomic E-state index is 6.13. The summed E-state index contributed by atoms with van der Waals surface area (Å²) in [6.07, 6.45) is 8.19. The molecule has 26 heavy (non-hydrogen) atoms. The molecule has 0 bridgehead atoms. The molecule has 0 amide bonds. The summed E-state index contributed by atoms with van der Waals surface area (Å²) in [7, 11) is 0. The van der Waals surface area contributed by atoms with E-state index in [0.29, 0.717) is 6.04 Å². The normalized spacial score (nSPS) is 22.0. The number of hydrogen-bond donors (Lipinski definition) is 1. The molecule has 0 atom stereocenters. The molecule has 2 heterocycles. The van der Waals surface area contributed by atoms with Crippen molar-refractivity contribution in [1.29, 1.82) is 0 Å². The Balaban J connectivity index is 1.33. The monoisotopic (exact) mass is 348 g/mol. The smallest absolute Gasteiger partial charge is 0.132 e. The number of nitrogens with zero attached hydrogens (tertiary/aromatic N) is 1. The highest BCUT2D eigenvalue weighted by Crippen LogP contribution is 2.43. The predicted octanol–water partition coefficient (Wildman–Crippen LogP) is 4.88. The summed E-state index contributed by atoms with van der Waals surface area (Å²) in [6, 6.07) is 18.6. The Morgan fingerprint density at radius 3 is 1.96 bits per heavy atom. The highest BCUT2D eigenvalue weighted by atomic mass is 16.5. The van der Waals surface area contributed by atoms with Crippen LogP contribution in [0.4, 0.5) is 0 Å². The van der Waals surface area contributed by atoms with E-state index in [2.05, 4.69) is 58.7 Å². The van der Waals surface area contributed by atoms with Gasteiger partial charge in [0.25, 0.3) is 0 Å². The van der Waals surface area contributed by atoms with E-state index in [1.54, 1.807) is 0 Å². The molecule has 136 valence electrons. The fourth-order valence-corrected chi connectivity index (χ4v) is 5.03. The Morgan fingerprint density at radius 2 is 1.35 bits per heavy atom. The lowest BCUT2D eigenvalue weighted by molar-refractivity contribution is 0.142. The summed E-state index contributed by atoms with van der Waals surface area (Å²) < 4.78 is 6.13. The van der Waals surface area contributed by atoms with Gasteiger partial charge in [0, 0.05) is 23.2 Å². The zero-order chi connectivity index (χ0) is 17.3. The second-order valence-corrected chi connectivity index (χ2v) is 8.03. The van der Waals surface area contributed by atoms with Crippen LogP contribution in [0.25, 0.3) is 0 Å². The van der Waals surface area contributed by atoms with Crippen LogP contribution in [0.5, 0.6) is 11.5 Å². The van der Waals surface area contributed by atoms with E-state index in [9.17, 15) is 0 Å². The van der Waals surface area contributed by atoms with Gasteiger partial charge in [0.2, 0.25) is 0 Å². The second kappa shape index (κ2) is 7.05. The summed E-state index contributed by atoms with van der Waals surface area (Å²) in [5.74, 6) is 1.99. The van der Waals surface area contributed by atoms with Crippen LogP contribution in [0.2, 0.25) is 0 Å². The van der Waals surface area contributed by atoms with Crippen molar-refractivity contribution in [3.63, 3.8) is 0 Å². The van der Waals surface area contributed by atoms with Crippen LogP contribution >= 0.6 is 0 Å². The summed E-state index contributed by atoms with van der Waals surface area (Å²) in [6.45, 7) is 2.49. The van der Waals surface area contributed by atoms with Gasteiger partial charge in [-0.25, -0.2) is 0 Å². The molecule has 0 unspecified atom stereocenters. The van der Waals surface area contributed by atoms with Gasteiger partial charge in [-0.1, -0.05) is 49.2 Å². The number of nitrogens with one attached hydrogen (secondary N) is 1. The first-order chi connectivity index (χ1) is 12.9. The fourth-order valence-electron chi connectivity index (χ4n) is 5.03. The van der Waals surface area contributed by atoms with Crippen LogP contribution in [-0.4, -0.2) is 30.1 Å². The first-order valence-corrected chi connectivity index (χ1v) is 10.2. The zero-order valence-corrected chi connectivity index (χ0v) is 15.4. The number of likely N-dealkylation sites (tertiary alicyclic amines) is 1. The summed E-state index contributed by atoms with van der Waals surface area (Å²) in [5, 5.41) is 3.97. The third-order valence-corrected chi connectivity index (χ3v) is 6.45. The van der Waals surface area contributed by atoms with Crippen LogP contribution in [0, 0.1) is 0 Å². The zero-order valence-electron chi connectivity index (χ0n) is 15.4. The molecule has 1 aliphatic carbocycles. The van der Waals surface area contributed by atoms with Crippen molar-refractivity contribution in [2.45, 2.75) is 56.7 Å². The molecule has 0 aromatic heterocycles. The van der Waals surface area contributed by atoms with Crippen LogP contribution in [0.15, 0.2) is 48.5 Å². The molecule has 3 nitrogen and oxygen atoms in total. The molecular formula is C23H28N2O. The van der Waals surface area contributed by atoms with Crippen molar-refractivity contribution in [3.05, 3.63) is 59.7 Å². The molecule has 2 fully saturated rings. The summed E-state index contributed by atoms with van der Waals surface area (Å²) >= 11 is 0. The molecule has 0 spiro atoms. The number of benzene rings is 2. The molecule has 1 saturated carbocycles. The van der Waals surface area contributed by atoms with Crippen LogP contribution in [-0.2, 0) is 0 Å². The van der Waals surface area contributed by atoms with E-state index in [4.69, 9.17) is 4.74 Å². The minimum atomic E-state index is 0.235. The number of rotatable bonds is 3. The number of ether oxygens (including phenoxy) is 1. The van der Waals surface area contributed by atoms with Crippen molar-refractivity contribution in [1.82, 2.24) is 10.2 Å². The van der Waals surface area contributed by atoms with Gasteiger partial charge in [0.05, 0.1) is 6.04 Å². The largest absolute Gasteiger partial charge is 0.457 e. The molecular weight excluding hydrogens is 320 g/mol. The van der Waals surface area contributed by atoms with Crippen LogP contribution < -0.4 is 10.1 Å². The van der Waals surface area contributed by atoms with Crippen molar-refractivity contribution in [3.8, 4) is 11.5 Å². The van der Waals surface area contributed by atoms with E-state index in [0.717, 1.165) is 17.5 Å². The van der Waals surface area contributed by atoms with E-state index in [1.807, 2.05) is 0 Å².